The second-order valence-corrected chi connectivity index (χ2v) is 4.40. The van der Waals surface area contributed by atoms with Gasteiger partial charge in [0.05, 0.1) is 5.56 Å². The lowest BCUT2D eigenvalue weighted by atomic mass is 10.1. The summed E-state index contributed by atoms with van der Waals surface area (Å²) in [6.45, 7) is 2.37. The fourth-order valence-electron chi connectivity index (χ4n) is 1.82. The molecule has 0 aliphatic carbocycles. The maximum Gasteiger partial charge on any atom is 0.253 e. The van der Waals surface area contributed by atoms with Gasteiger partial charge in [0.1, 0.15) is 5.82 Å². The molecule has 0 aliphatic rings. The van der Waals surface area contributed by atoms with Crippen LogP contribution in [0.25, 0.3) is 0 Å². The topological polar surface area (TPSA) is 55.1 Å². The molecule has 0 bridgehead atoms. The van der Waals surface area contributed by atoms with Gasteiger partial charge in [-0.1, -0.05) is 29.8 Å². The number of hydrogen-bond donors (Lipinski definition) is 2. The molecule has 0 unspecified atom stereocenters. The number of carbonyl (C=O) groups is 1. The maximum atomic E-state index is 13.1. The molecular weight excluding hydrogens is 243 g/mol. The van der Waals surface area contributed by atoms with Crippen molar-refractivity contribution in [1.82, 2.24) is 5.32 Å². The molecule has 3 N–H and O–H groups in total. The quantitative estimate of drug-likeness (QED) is 0.831. The molecule has 1 amide bonds. The molecule has 2 aromatic carbocycles. The van der Waals surface area contributed by atoms with Crippen molar-refractivity contribution in [3.05, 3.63) is 65.0 Å². The molecule has 0 aromatic heterocycles. The van der Waals surface area contributed by atoms with E-state index in [4.69, 9.17) is 5.73 Å². The van der Waals surface area contributed by atoms with E-state index in [1.54, 1.807) is 0 Å². The van der Waals surface area contributed by atoms with Crippen molar-refractivity contribution >= 4 is 11.6 Å². The van der Waals surface area contributed by atoms with Crippen LogP contribution in [0.1, 0.15) is 21.5 Å². The van der Waals surface area contributed by atoms with Crippen LogP contribution in [0.2, 0.25) is 0 Å². The van der Waals surface area contributed by atoms with E-state index >= 15 is 0 Å². The van der Waals surface area contributed by atoms with Gasteiger partial charge in [-0.15, -0.1) is 0 Å². The first-order valence-corrected chi connectivity index (χ1v) is 5.95. The lowest BCUT2D eigenvalue weighted by Crippen LogP contribution is -2.24. The first-order valence-electron chi connectivity index (χ1n) is 5.95. The number of amides is 1. The number of halogens is 1. The standard InChI is InChI=1S/C15H15FN2O/c1-10-3-2-4-11(7-10)9-18-15(19)13-8-12(16)5-6-14(13)17/h2-8H,9,17H2,1H3,(H,18,19). The number of nitrogens with two attached hydrogens (primary N) is 1. The highest BCUT2D eigenvalue weighted by atomic mass is 19.1. The Labute approximate surface area is 111 Å². The Bertz CT molecular complexity index is 611. The van der Waals surface area contributed by atoms with Gasteiger partial charge in [-0.3, -0.25) is 4.79 Å². The van der Waals surface area contributed by atoms with E-state index in [2.05, 4.69) is 5.32 Å². The number of nitrogens with one attached hydrogen (secondary N) is 1. The zero-order valence-electron chi connectivity index (χ0n) is 10.6. The zero-order chi connectivity index (χ0) is 13.8. The third kappa shape index (κ3) is 3.31. The van der Waals surface area contributed by atoms with Crippen molar-refractivity contribution in [2.45, 2.75) is 13.5 Å². The summed E-state index contributed by atoms with van der Waals surface area (Å²) < 4.78 is 13.1. The van der Waals surface area contributed by atoms with Gasteiger partial charge in [0.25, 0.3) is 5.91 Å². The summed E-state index contributed by atoms with van der Waals surface area (Å²) in [4.78, 5) is 11.9. The highest BCUT2D eigenvalue weighted by Gasteiger charge is 2.10. The van der Waals surface area contributed by atoms with Gasteiger partial charge in [0.2, 0.25) is 0 Å². The number of nitrogen functional groups attached to an aromatic ring is 1. The summed E-state index contributed by atoms with van der Waals surface area (Å²) in [5.74, 6) is -0.853. The van der Waals surface area contributed by atoms with Crippen molar-refractivity contribution in [3.63, 3.8) is 0 Å². The highest BCUT2D eigenvalue weighted by Crippen LogP contribution is 2.13. The molecule has 0 heterocycles. The van der Waals surface area contributed by atoms with Crippen LogP contribution >= 0.6 is 0 Å². The van der Waals surface area contributed by atoms with Gasteiger partial charge in [-0.2, -0.15) is 0 Å². The third-order valence-corrected chi connectivity index (χ3v) is 2.80. The van der Waals surface area contributed by atoms with E-state index in [0.717, 1.165) is 17.2 Å². The molecule has 0 saturated heterocycles. The van der Waals surface area contributed by atoms with E-state index in [0.29, 0.717) is 6.54 Å². The molecule has 0 aliphatic heterocycles. The van der Waals surface area contributed by atoms with Gasteiger partial charge in [0, 0.05) is 12.2 Å². The van der Waals surface area contributed by atoms with Crippen molar-refractivity contribution in [2.24, 2.45) is 0 Å². The fourth-order valence-corrected chi connectivity index (χ4v) is 1.82. The fraction of sp³-hybridized carbons (Fsp3) is 0.133. The number of rotatable bonds is 3. The van der Waals surface area contributed by atoms with E-state index in [-0.39, 0.29) is 17.2 Å². The third-order valence-electron chi connectivity index (χ3n) is 2.80. The Morgan fingerprint density at radius 1 is 1.26 bits per heavy atom. The number of anilines is 1. The first kappa shape index (κ1) is 13.1. The zero-order valence-corrected chi connectivity index (χ0v) is 10.6. The minimum atomic E-state index is -0.477. The predicted octanol–water partition coefficient (Wildman–Crippen LogP) is 2.65. The van der Waals surface area contributed by atoms with Crippen molar-refractivity contribution in [3.8, 4) is 0 Å². The molecule has 98 valence electrons. The van der Waals surface area contributed by atoms with Crippen molar-refractivity contribution < 1.29 is 9.18 Å². The molecule has 2 rings (SSSR count). The normalized spacial score (nSPS) is 10.2. The number of carbonyl (C=O) groups excluding carboxylic acids is 1. The van der Waals surface area contributed by atoms with Crippen LogP contribution in [0, 0.1) is 12.7 Å². The van der Waals surface area contributed by atoms with E-state index < -0.39 is 5.82 Å². The van der Waals surface area contributed by atoms with Gasteiger partial charge < -0.3 is 11.1 Å². The van der Waals surface area contributed by atoms with Crippen LogP contribution in [0.3, 0.4) is 0 Å². The molecule has 0 fully saturated rings. The second-order valence-electron chi connectivity index (χ2n) is 4.40. The lowest BCUT2D eigenvalue weighted by molar-refractivity contribution is 0.0951. The molecule has 19 heavy (non-hydrogen) atoms. The van der Waals surface area contributed by atoms with Crippen LogP contribution in [0.4, 0.5) is 10.1 Å². The molecule has 3 nitrogen and oxygen atoms in total. The molecule has 0 spiro atoms. The Morgan fingerprint density at radius 2 is 2.05 bits per heavy atom. The van der Waals surface area contributed by atoms with E-state index in [9.17, 15) is 9.18 Å². The Kier molecular flexibility index (Phi) is 3.80. The molecule has 0 radical (unpaired) electrons. The van der Waals surface area contributed by atoms with Crippen molar-refractivity contribution in [1.29, 1.82) is 0 Å². The number of benzene rings is 2. The number of hydrogen-bond acceptors (Lipinski definition) is 2. The molecule has 0 saturated carbocycles. The molecular formula is C15H15FN2O. The summed E-state index contributed by atoms with van der Waals surface area (Å²) in [6, 6.07) is 11.6. The van der Waals surface area contributed by atoms with Gasteiger partial charge in [0.15, 0.2) is 0 Å². The highest BCUT2D eigenvalue weighted by molar-refractivity contribution is 5.99. The minimum Gasteiger partial charge on any atom is -0.398 e. The average molecular weight is 258 g/mol. The average Bonchev–Trinajstić information content (AvgIpc) is 2.39. The Hall–Kier alpha value is -2.36. The second kappa shape index (κ2) is 5.52. The SMILES string of the molecule is Cc1cccc(CNC(=O)c2cc(F)ccc2N)c1. The van der Waals surface area contributed by atoms with Crippen LogP contribution in [0.15, 0.2) is 42.5 Å². The smallest absolute Gasteiger partial charge is 0.253 e. The Morgan fingerprint density at radius 3 is 2.79 bits per heavy atom. The largest absolute Gasteiger partial charge is 0.398 e. The van der Waals surface area contributed by atoms with Gasteiger partial charge in [-0.25, -0.2) is 4.39 Å². The summed E-state index contributed by atoms with van der Waals surface area (Å²) in [5, 5.41) is 2.72. The van der Waals surface area contributed by atoms with Crippen LogP contribution in [0.5, 0.6) is 0 Å². The van der Waals surface area contributed by atoms with E-state index in [1.165, 1.54) is 12.1 Å². The Balaban J connectivity index is 2.07. The molecule has 4 heteroatoms. The number of aryl methyl sites for hydroxylation is 1. The minimum absolute atomic E-state index is 0.160. The monoisotopic (exact) mass is 258 g/mol. The van der Waals surface area contributed by atoms with Gasteiger partial charge >= 0.3 is 0 Å². The summed E-state index contributed by atoms with van der Waals surface area (Å²) in [6.07, 6.45) is 0. The van der Waals surface area contributed by atoms with E-state index in [1.807, 2.05) is 31.2 Å². The van der Waals surface area contributed by atoms with Crippen molar-refractivity contribution in [2.75, 3.05) is 5.73 Å². The maximum absolute atomic E-state index is 13.1. The van der Waals surface area contributed by atoms with Crippen LogP contribution in [-0.4, -0.2) is 5.91 Å². The molecule has 2 aromatic rings. The summed E-state index contributed by atoms with van der Waals surface area (Å²) in [5.41, 5.74) is 8.19. The summed E-state index contributed by atoms with van der Waals surface area (Å²) in [7, 11) is 0. The predicted molar refractivity (Wildman–Crippen MR) is 73.2 cm³/mol. The van der Waals surface area contributed by atoms with Crippen LogP contribution in [-0.2, 0) is 6.54 Å². The summed E-state index contributed by atoms with van der Waals surface area (Å²) >= 11 is 0. The first-order chi connectivity index (χ1) is 9.06. The lowest BCUT2D eigenvalue weighted by Gasteiger charge is -2.08. The van der Waals surface area contributed by atoms with Crippen LogP contribution < -0.4 is 11.1 Å². The van der Waals surface area contributed by atoms with Gasteiger partial charge in [-0.05, 0) is 30.7 Å². The molecule has 0 atom stereocenters.